The highest BCUT2D eigenvalue weighted by Crippen LogP contribution is 2.36. The molecule has 0 bridgehead atoms. The Morgan fingerprint density at radius 1 is 1.20 bits per heavy atom. The lowest BCUT2D eigenvalue weighted by molar-refractivity contribution is -0.527. The van der Waals surface area contributed by atoms with Crippen LogP contribution in [-0.4, -0.2) is 22.5 Å². The molecule has 2 atom stereocenters. The summed E-state index contributed by atoms with van der Waals surface area (Å²) in [6.45, 7) is 5.00. The zero-order valence-electron chi connectivity index (χ0n) is 14.0. The van der Waals surface area contributed by atoms with Crippen LogP contribution in [0.4, 0.5) is 13.2 Å². The van der Waals surface area contributed by atoms with E-state index in [9.17, 15) is 28.1 Å². The van der Waals surface area contributed by atoms with Gasteiger partial charge in [-0.15, -0.1) is 0 Å². The van der Waals surface area contributed by atoms with Crippen molar-refractivity contribution < 1.29 is 27.6 Å². The average molecular weight is 357 g/mol. The molecule has 0 aromatic heterocycles. The minimum absolute atomic E-state index is 0.0534. The first-order valence-corrected chi connectivity index (χ1v) is 7.70. The fourth-order valence-electron chi connectivity index (χ4n) is 2.77. The van der Waals surface area contributed by atoms with E-state index in [1.54, 1.807) is 20.8 Å². The van der Waals surface area contributed by atoms with Gasteiger partial charge in [0.2, 0.25) is 6.04 Å². The van der Waals surface area contributed by atoms with E-state index in [1.807, 2.05) is 0 Å². The monoisotopic (exact) mass is 357 g/mol. The van der Waals surface area contributed by atoms with E-state index in [0.717, 1.165) is 0 Å². The smallest absolute Gasteiger partial charge is 0.334 e. The maximum absolute atomic E-state index is 14.0. The van der Waals surface area contributed by atoms with Crippen molar-refractivity contribution in [2.45, 2.75) is 51.2 Å². The molecule has 5 nitrogen and oxygen atoms in total. The van der Waals surface area contributed by atoms with Crippen LogP contribution in [0.15, 0.2) is 23.8 Å². The van der Waals surface area contributed by atoms with Gasteiger partial charge in [-0.3, -0.25) is 10.1 Å². The number of hydrogen-bond donors (Lipinski definition) is 0. The Bertz CT molecular complexity index is 740. The van der Waals surface area contributed by atoms with Gasteiger partial charge < -0.3 is 4.74 Å². The molecular formula is C17H18F3NO4. The van der Waals surface area contributed by atoms with Gasteiger partial charge in [0.15, 0.2) is 11.6 Å². The summed E-state index contributed by atoms with van der Waals surface area (Å²) in [6, 6.07) is -0.334. The Labute approximate surface area is 142 Å². The summed E-state index contributed by atoms with van der Waals surface area (Å²) in [7, 11) is 0. The summed E-state index contributed by atoms with van der Waals surface area (Å²) in [5, 5.41) is 11.4. The lowest BCUT2D eigenvalue weighted by Crippen LogP contribution is -2.34. The van der Waals surface area contributed by atoms with Gasteiger partial charge in [-0.25, -0.2) is 18.0 Å². The van der Waals surface area contributed by atoms with Gasteiger partial charge in [0.25, 0.3) is 0 Å². The number of hydrogen-bond acceptors (Lipinski definition) is 4. The zero-order valence-corrected chi connectivity index (χ0v) is 14.0. The van der Waals surface area contributed by atoms with E-state index in [-0.39, 0.29) is 24.0 Å². The Balaban J connectivity index is 2.34. The summed E-state index contributed by atoms with van der Waals surface area (Å²) in [6.07, 6.45) is 1.10. The second-order valence-corrected chi connectivity index (χ2v) is 6.92. The van der Waals surface area contributed by atoms with E-state index in [0.29, 0.717) is 12.1 Å². The molecule has 1 aromatic rings. The topological polar surface area (TPSA) is 69.4 Å². The van der Waals surface area contributed by atoms with Gasteiger partial charge >= 0.3 is 5.97 Å². The molecule has 0 amide bonds. The predicted octanol–water partition coefficient (Wildman–Crippen LogP) is 3.89. The summed E-state index contributed by atoms with van der Waals surface area (Å²) < 4.78 is 45.7. The maximum atomic E-state index is 14.0. The van der Waals surface area contributed by atoms with Gasteiger partial charge in [-0.2, -0.15) is 0 Å². The minimum Gasteiger partial charge on any atom is -0.457 e. The van der Waals surface area contributed by atoms with Crippen molar-refractivity contribution >= 4 is 5.97 Å². The highest BCUT2D eigenvalue weighted by atomic mass is 19.2. The molecule has 1 aromatic carbocycles. The number of benzene rings is 1. The SMILES string of the molecule is CC(C)(C)OC(=O)C1=CC[C@H](c2cc(F)c(F)cc2F)[C@@H]([N+](=O)[O-])C1. The molecule has 0 unspecified atom stereocenters. The van der Waals surface area contributed by atoms with Crippen molar-refractivity contribution in [1.29, 1.82) is 0 Å². The molecular weight excluding hydrogens is 339 g/mol. The average Bonchev–Trinajstić information content (AvgIpc) is 2.48. The Morgan fingerprint density at radius 3 is 2.36 bits per heavy atom. The van der Waals surface area contributed by atoms with Crippen LogP contribution in [-0.2, 0) is 9.53 Å². The molecule has 0 N–H and O–H groups in total. The van der Waals surface area contributed by atoms with E-state index in [2.05, 4.69) is 0 Å². The second kappa shape index (κ2) is 6.85. The Kier molecular flexibility index (Phi) is 5.20. The van der Waals surface area contributed by atoms with Crippen LogP contribution < -0.4 is 0 Å². The number of rotatable bonds is 3. The molecule has 1 aliphatic rings. The van der Waals surface area contributed by atoms with Crippen molar-refractivity contribution in [2.24, 2.45) is 0 Å². The predicted molar refractivity (Wildman–Crippen MR) is 83.0 cm³/mol. The van der Waals surface area contributed by atoms with Crippen LogP contribution in [0.2, 0.25) is 0 Å². The molecule has 0 fully saturated rings. The molecule has 8 heteroatoms. The lowest BCUT2D eigenvalue weighted by Gasteiger charge is -2.27. The number of carbonyl (C=O) groups is 1. The van der Waals surface area contributed by atoms with Crippen LogP contribution in [0.25, 0.3) is 0 Å². The first-order chi connectivity index (χ1) is 11.5. The highest BCUT2D eigenvalue weighted by molar-refractivity contribution is 5.89. The first-order valence-electron chi connectivity index (χ1n) is 7.70. The zero-order chi connectivity index (χ0) is 18.9. The van der Waals surface area contributed by atoms with Crippen molar-refractivity contribution in [1.82, 2.24) is 0 Å². The molecule has 1 aliphatic carbocycles. The van der Waals surface area contributed by atoms with E-state index < -0.39 is 45.9 Å². The Morgan fingerprint density at radius 2 is 1.80 bits per heavy atom. The maximum Gasteiger partial charge on any atom is 0.334 e. The number of halogens is 3. The summed E-state index contributed by atoms with van der Waals surface area (Å²) >= 11 is 0. The molecule has 136 valence electrons. The minimum atomic E-state index is -1.36. The molecule has 2 rings (SSSR count). The normalized spacial score (nSPS) is 20.8. The number of allylic oxidation sites excluding steroid dienone is 1. The molecule has 0 radical (unpaired) electrons. The van der Waals surface area contributed by atoms with Gasteiger partial charge in [0.05, 0.1) is 5.92 Å². The molecule has 0 saturated heterocycles. The van der Waals surface area contributed by atoms with Crippen LogP contribution in [0.5, 0.6) is 0 Å². The number of nitro groups is 1. The van der Waals surface area contributed by atoms with Crippen molar-refractivity contribution in [3.8, 4) is 0 Å². The number of carbonyl (C=O) groups excluding carboxylic acids is 1. The number of nitrogens with zero attached hydrogens (tertiary/aromatic N) is 1. The van der Waals surface area contributed by atoms with Crippen molar-refractivity contribution in [3.05, 3.63) is 56.9 Å². The summed E-state index contributed by atoms with van der Waals surface area (Å²) in [4.78, 5) is 22.8. The van der Waals surface area contributed by atoms with E-state index in [1.165, 1.54) is 6.08 Å². The molecule has 0 heterocycles. The molecule has 0 aliphatic heterocycles. The summed E-state index contributed by atoms with van der Waals surface area (Å²) in [5.74, 6) is -5.37. The van der Waals surface area contributed by atoms with Crippen LogP contribution in [0, 0.1) is 27.6 Å². The molecule has 25 heavy (non-hydrogen) atoms. The van der Waals surface area contributed by atoms with Gasteiger partial charge in [-0.1, -0.05) is 6.08 Å². The standard InChI is InChI=1S/C17H18F3NO4/c1-17(2,3)25-16(22)9-4-5-10(15(6-9)21(23)24)11-7-13(19)14(20)8-12(11)18/h4,7-8,10,15H,5-6H2,1-3H3/t10-,15+/m1/s1. The van der Waals surface area contributed by atoms with Crippen LogP contribution >= 0.6 is 0 Å². The summed E-state index contributed by atoms with van der Waals surface area (Å²) in [5.41, 5.74) is -0.915. The number of ether oxygens (including phenoxy) is 1. The molecule has 0 saturated carbocycles. The van der Waals surface area contributed by atoms with Crippen LogP contribution in [0.1, 0.15) is 45.1 Å². The third-order valence-corrected chi connectivity index (χ3v) is 3.88. The molecule has 0 spiro atoms. The first kappa shape index (κ1) is 19.0. The fraction of sp³-hybridized carbons (Fsp3) is 0.471. The van der Waals surface area contributed by atoms with E-state index in [4.69, 9.17) is 4.74 Å². The quantitative estimate of drug-likeness (QED) is 0.356. The second-order valence-electron chi connectivity index (χ2n) is 6.92. The largest absolute Gasteiger partial charge is 0.457 e. The fourth-order valence-corrected chi connectivity index (χ4v) is 2.77. The third-order valence-electron chi connectivity index (χ3n) is 3.88. The van der Waals surface area contributed by atoms with Gasteiger partial charge in [0.1, 0.15) is 11.4 Å². The van der Waals surface area contributed by atoms with E-state index >= 15 is 0 Å². The highest BCUT2D eigenvalue weighted by Gasteiger charge is 2.40. The van der Waals surface area contributed by atoms with Gasteiger partial charge in [0, 0.05) is 28.5 Å². The van der Waals surface area contributed by atoms with Gasteiger partial charge in [-0.05, 0) is 33.3 Å². The number of esters is 1. The van der Waals surface area contributed by atoms with Crippen molar-refractivity contribution in [2.75, 3.05) is 0 Å². The Hall–Kier alpha value is -2.38. The van der Waals surface area contributed by atoms with Crippen LogP contribution in [0.3, 0.4) is 0 Å². The lowest BCUT2D eigenvalue weighted by atomic mass is 9.80. The third kappa shape index (κ3) is 4.37. The van der Waals surface area contributed by atoms with Crippen molar-refractivity contribution in [3.63, 3.8) is 0 Å².